The maximum absolute atomic E-state index is 11.9. The number of rotatable bonds is 2. The van der Waals surface area contributed by atoms with Gasteiger partial charge in [0.05, 0.1) is 5.51 Å². The van der Waals surface area contributed by atoms with Crippen LogP contribution >= 0.6 is 27.3 Å². The molecule has 0 unspecified atom stereocenters. The Morgan fingerprint density at radius 1 is 1.47 bits per heavy atom. The van der Waals surface area contributed by atoms with Crippen LogP contribution in [0.4, 0.5) is 5.69 Å². The number of benzene rings is 1. The molecule has 1 aromatic carbocycles. The minimum Gasteiger partial charge on any atom is -0.398 e. The largest absolute Gasteiger partial charge is 0.398 e. The van der Waals surface area contributed by atoms with Gasteiger partial charge in [-0.3, -0.25) is 4.79 Å². The molecule has 15 heavy (non-hydrogen) atoms. The van der Waals surface area contributed by atoms with Gasteiger partial charge in [-0.15, -0.1) is 11.3 Å². The molecule has 0 radical (unpaired) electrons. The summed E-state index contributed by atoms with van der Waals surface area (Å²) < 4.78 is 0.829. The van der Waals surface area contributed by atoms with Crippen molar-refractivity contribution in [3.05, 3.63) is 44.8 Å². The SMILES string of the molecule is Nc1ccc(Br)cc1C(=O)c1cscn1. The number of aromatic nitrogens is 1. The third kappa shape index (κ3) is 2.08. The molecule has 0 amide bonds. The zero-order valence-electron chi connectivity index (χ0n) is 7.61. The summed E-state index contributed by atoms with van der Waals surface area (Å²) in [5, 5.41) is 1.71. The number of hydrogen-bond acceptors (Lipinski definition) is 4. The fourth-order valence-corrected chi connectivity index (χ4v) is 2.08. The second kappa shape index (κ2) is 4.12. The van der Waals surface area contributed by atoms with E-state index in [1.165, 1.54) is 11.3 Å². The molecule has 3 nitrogen and oxygen atoms in total. The number of nitrogens with two attached hydrogens (primary N) is 1. The average molecular weight is 283 g/mol. The van der Waals surface area contributed by atoms with Gasteiger partial charge < -0.3 is 5.73 Å². The van der Waals surface area contributed by atoms with Gasteiger partial charge in [0.15, 0.2) is 0 Å². The smallest absolute Gasteiger partial charge is 0.214 e. The first kappa shape index (κ1) is 10.3. The minimum absolute atomic E-state index is 0.143. The zero-order chi connectivity index (χ0) is 10.8. The second-order valence-electron chi connectivity index (χ2n) is 2.93. The fourth-order valence-electron chi connectivity index (χ4n) is 1.19. The Hall–Kier alpha value is -1.20. The number of anilines is 1. The quantitative estimate of drug-likeness (QED) is 0.681. The van der Waals surface area contributed by atoms with E-state index in [9.17, 15) is 4.79 Å². The Balaban J connectivity index is 2.46. The van der Waals surface area contributed by atoms with Crippen molar-refractivity contribution >= 4 is 38.7 Å². The van der Waals surface area contributed by atoms with Crippen LogP contribution in [0.1, 0.15) is 16.1 Å². The maximum atomic E-state index is 11.9. The van der Waals surface area contributed by atoms with Crippen LogP contribution in [0.3, 0.4) is 0 Å². The number of nitrogen functional groups attached to an aromatic ring is 1. The van der Waals surface area contributed by atoms with E-state index in [1.807, 2.05) is 0 Å². The Kier molecular flexibility index (Phi) is 2.83. The molecular formula is C10H7BrN2OS. The molecule has 0 saturated carbocycles. The molecule has 76 valence electrons. The summed E-state index contributed by atoms with van der Waals surface area (Å²) in [7, 11) is 0. The van der Waals surface area contributed by atoms with Crippen LogP contribution in [0.5, 0.6) is 0 Å². The van der Waals surface area contributed by atoms with Crippen molar-refractivity contribution in [3.8, 4) is 0 Å². The molecule has 2 N–H and O–H groups in total. The minimum atomic E-state index is -0.143. The van der Waals surface area contributed by atoms with Gasteiger partial charge in [0.1, 0.15) is 5.69 Å². The first-order chi connectivity index (χ1) is 7.18. The summed E-state index contributed by atoms with van der Waals surface area (Å²) >= 11 is 4.69. The third-order valence-corrected chi connectivity index (χ3v) is 3.00. The molecule has 0 bridgehead atoms. The zero-order valence-corrected chi connectivity index (χ0v) is 10.0. The number of halogens is 1. The van der Waals surface area contributed by atoms with Gasteiger partial charge in [0.25, 0.3) is 0 Å². The summed E-state index contributed by atoms with van der Waals surface area (Å²) in [5.74, 6) is -0.143. The molecule has 0 aliphatic rings. The van der Waals surface area contributed by atoms with E-state index >= 15 is 0 Å². The van der Waals surface area contributed by atoms with Crippen molar-refractivity contribution in [2.45, 2.75) is 0 Å². The molecule has 2 rings (SSSR count). The predicted molar refractivity (Wildman–Crippen MR) is 64.1 cm³/mol. The molecule has 0 spiro atoms. The van der Waals surface area contributed by atoms with E-state index in [1.54, 1.807) is 29.1 Å². The highest BCUT2D eigenvalue weighted by Crippen LogP contribution is 2.21. The van der Waals surface area contributed by atoms with Crippen molar-refractivity contribution in [2.24, 2.45) is 0 Å². The van der Waals surface area contributed by atoms with Crippen LogP contribution < -0.4 is 5.73 Å². The van der Waals surface area contributed by atoms with E-state index < -0.39 is 0 Å². The molecule has 5 heteroatoms. The lowest BCUT2D eigenvalue weighted by Gasteiger charge is -2.02. The van der Waals surface area contributed by atoms with E-state index in [-0.39, 0.29) is 5.78 Å². The van der Waals surface area contributed by atoms with Crippen LogP contribution in [0.15, 0.2) is 33.6 Å². The Morgan fingerprint density at radius 2 is 2.27 bits per heavy atom. The first-order valence-corrected chi connectivity index (χ1v) is 5.90. The van der Waals surface area contributed by atoms with Gasteiger partial charge in [-0.2, -0.15) is 0 Å². The van der Waals surface area contributed by atoms with E-state index in [4.69, 9.17) is 5.73 Å². The van der Waals surface area contributed by atoms with Gasteiger partial charge >= 0.3 is 0 Å². The molecule has 0 fully saturated rings. The molecular weight excluding hydrogens is 276 g/mol. The van der Waals surface area contributed by atoms with Gasteiger partial charge in [-0.05, 0) is 18.2 Å². The standard InChI is InChI=1S/C10H7BrN2OS/c11-6-1-2-8(12)7(3-6)10(14)9-4-15-5-13-9/h1-5H,12H2. The van der Waals surface area contributed by atoms with Crippen LogP contribution in [0, 0.1) is 0 Å². The number of thiazole rings is 1. The number of nitrogens with zero attached hydrogens (tertiary/aromatic N) is 1. The molecule has 0 aliphatic carbocycles. The fraction of sp³-hybridized carbons (Fsp3) is 0. The Morgan fingerprint density at radius 3 is 2.93 bits per heavy atom. The molecule has 1 aromatic heterocycles. The van der Waals surface area contributed by atoms with Crippen molar-refractivity contribution < 1.29 is 4.79 Å². The lowest BCUT2D eigenvalue weighted by atomic mass is 10.1. The number of carbonyl (C=O) groups is 1. The van der Waals surface area contributed by atoms with Crippen molar-refractivity contribution in [1.29, 1.82) is 0 Å². The van der Waals surface area contributed by atoms with Crippen LogP contribution in [0.25, 0.3) is 0 Å². The van der Waals surface area contributed by atoms with E-state index in [2.05, 4.69) is 20.9 Å². The summed E-state index contributed by atoms with van der Waals surface area (Å²) in [6.07, 6.45) is 0. The Labute approximate surface area is 99.1 Å². The molecule has 0 aliphatic heterocycles. The number of carbonyl (C=O) groups excluding carboxylic acids is 1. The molecule has 0 atom stereocenters. The molecule has 2 aromatic rings. The lowest BCUT2D eigenvalue weighted by Crippen LogP contribution is -2.05. The third-order valence-electron chi connectivity index (χ3n) is 1.92. The van der Waals surface area contributed by atoms with Crippen molar-refractivity contribution in [1.82, 2.24) is 4.98 Å². The predicted octanol–water partition coefficient (Wildman–Crippen LogP) is 2.72. The molecule has 1 heterocycles. The monoisotopic (exact) mass is 282 g/mol. The topological polar surface area (TPSA) is 56.0 Å². The second-order valence-corrected chi connectivity index (χ2v) is 4.57. The summed E-state index contributed by atoms with van der Waals surface area (Å²) in [5.41, 5.74) is 8.74. The maximum Gasteiger partial charge on any atom is 0.214 e. The summed E-state index contributed by atoms with van der Waals surface area (Å²) in [6, 6.07) is 5.20. The van der Waals surface area contributed by atoms with Gasteiger partial charge in [0.2, 0.25) is 5.78 Å². The van der Waals surface area contributed by atoms with Gasteiger partial charge in [0, 0.05) is 21.1 Å². The lowest BCUT2D eigenvalue weighted by molar-refractivity contribution is 0.103. The van der Waals surface area contributed by atoms with Crippen molar-refractivity contribution in [2.75, 3.05) is 5.73 Å². The van der Waals surface area contributed by atoms with Crippen molar-refractivity contribution in [3.63, 3.8) is 0 Å². The van der Waals surface area contributed by atoms with Crippen LogP contribution in [-0.4, -0.2) is 10.8 Å². The van der Waals surface area contributed by atoms with E-state index in [0.29, 0.717) is 16.9 Å². The normalized spacial score (nSPS) is 10.2. The van der Waals surface area contributed by atoms with Crippen LogP contribution in [0.2, 0.25) is 0 Å². The highest BCUT2D eigenvalue weighted by molar-refractivity contribution is 9.10. The highest BCUT2D eigenvalue weighted by Gasteiger charge is 2.14. The summed E-state index contributed by atoms with van der Waals surface area (Å²) in [6.45, 7) is 0. The first-order valence-electron chi connectivity index (χ1n) is 4.16. The number of hydrogen-bond donors (Lipinski definition) is 1. The number of ketones is 1. The average Bonchev–Trinajstić information content (AvgIpc) is 2.74. The van der Waals surface area contributed by atoms with E-state index in [0.717, 1.165) is 4.47 Å². The van der Waals surface area contributed by atoms with Gasteiger partial charge in [-0.25, -0.2) is 4.98 Å². The summed E-state index contributed by atoms with van der Waals surface area (Å²) in [4.78, 5) is 15.9. The highest BCUT2D eigenvalue weighted by atomic mass is 79.9. The molecule has 0 saturated heterocycles. The van der Waals surface area contributed by atoms with Gasteiger partial charge in [-0.1, -0.05) is 15.9 Å². The Bertz CT molecular complexity index is 496. The van der Waals surface area contributed by atoms with Crippen LogP contribution in [-0.2, 0) is 0 Å².